The van der Waals surface area contributed by atoms with Gasteiger partial charge in [0.2, 0.25) is 0 Å². The number of phenols is 1. The Kier molecular flexibility index (Phi) is 7.68. The molecule has 0 aliphatic rings. The third-order valence-corrected chi connectivity index (χ3v) is 8.48. The van der Waals surface area contributed by atoms with Crippen molar-refractivity contribution in [3.8, 4) is 5.75 Å². The average molecular weight is 351 g/mol. The Bertz CT molecular complexity index is 532. The largest absolute Gasteiger partial charge is 0.508 e. The fourth-order valence-electron chi connectivity index (χ4n) is 2.08. The van der Waals surface area contributed by atoms with Gasteiger partial charge in [-0.25, -0.2) is 0 Å². The van der Waals surface area contributed by atoms with Gasteiger partial charge in [-0.1, -0.05) is 37.0 Å². The Morgan fingerprint density at radius 1 is 1.00 bits per heavy atom. The van der Waals surface area contributed by atoms with Crippen molar-refractivity contribution in [3.63, 3.8) is 0 Å². The number of hydrogen-bond acceptors (Lipinski definition) is 5. The van der Waals surface area contributed by atoms with E-state index < -0.39 is 20.7 Å². The van der Waals surface area contributed by atoms with Gasteiger partial charge in [0.05, 0.1) is 7.11 Å². The molecule has 0 saturated heterocycles. The number of phenolic OH excluding ortho intramolecular Hbond substituents is 1. The Balaban J connectivity index is 3.25. The minimum atomic E-state index is -4.02. The zero-order chi connectivity index (χ0) is 16.6. The van der Waals surface area contributed by atoms with Gasteiger partial charge in [0.1, 0.15) is 5.75 Å². The average Bonchev–Trinajstić information content (AvgIpc) is 2.50. The fraction of sp³-hybridized carbons (Fsp3) is 0.600. The van der Waals surface area contributed by atoms with Gasteiger partial charge in [-0.05, 0) is 37.1 Å². The monoisotopic (exact) mass is 350 g/mol. The van der Waals surface area contributed by atoms with Crippen LogP contribution in [0.1, 0.15) is 39.5 Å². The third-order valence-electron chi connectivity index (χ3n) is 3.34. The number of benzene rings is 1. The molecule has 5 nitrogen and oxygen atoms in total. The maximum absolute atomic E-state index is 11.9. The molecule has 0 bridgehead atoms. The molecule has 0 radical (unpaired) electrons. The van der Waals surface area contributed by atoms with Gasteiger partial charge in [0.25, 0.3) is 0 Å². The highest BCUT2D eigenvalue weighted by atomic mass is 32.3. The minimum Gasteiger partial charge on any atom is -0.508 e. The highest BCUT2D eigenvalue weighted by Crippen LogP contribution is 2.59. The molecule has 0 fully saturated rings. The van der Waals surface area contributed by atoms with Crippen LogP contribution in [-0.4, -0.2) is 32.1 Å². The highest BCUT2D eigenvalue weighted by molar-refractivity contribution is 8.32. The summed E-state index contributed by atoms with van der Waals surface area (Å²) >= 11 is 0. The second kappa shape index (κ2) is 8.76. The first-order valence-electron chi connectivity index (χ1n) is 7.48. The first-order chi connectivity index (χ1) is 10.4. The molecular formula is C15H26O5S2. The fourth-order valence-corrected chi connectivity index (χ4v) is 7.26. The topological polar surface area (TPSA) is 72.8 Å². The minimum absolute atomic E-state index is 0.151. The van der Waals surface area contributed by atoms with Crippen LogP contribution in [0, 0.1) is 0 Å². The van der Waals surface area contributed by atoms with Crippen LogP contribution >= 0.6 is 10.3 Å². The lowest BCUT2D eigenvalue weighted by Gasteiger charge is -2.38. The van der Waals surface area contributed by atoms with Crippen molar-refractivity contribution in [2.24, 2.45) is 0 Å². The molecule has 0 aliphatic carbocycles. The van der Waals surface area contributed by atoms with E-state index in [0.717, 1.165) is 37.7 Å². The summed E-state index contributed by atoms with van der Waals surface area (Å²) in [7, 11) is -4.92. The second-order valence-electron chi connectivity index (χ2n) is 5.06. The summed E-state index contributed by atoms with van der Waals surface area (Å²) in [5.74, 6) is 1.48. The van der Waals surface area contributed by atoms with Crippen LogP contribution in [0.4, 0.5) is 0 Å². The zero-order valence-electron chi connectivity index (χ0n) is 13.4. The number of unbranched alkanes of at least 4 members (excludes halogenated alkanes) is 2. The molecule has 0 aromatic heterocycles. The van der Waals surface area contributed by atoms with E-state index in [9.17, 15) is 13.5 Å². The molecule has 0 aliphatic heterocycles. The molecule has 0 heterocycles. The Labute approximate surface area is 135 Å². The predicted octanol–water partition coefficient (Wildman–Crippen LogP) is 3.98. The van der Waals surface area contributed by atoms with Gasteiger partial charge >= 0.3 is 10.4 Å². The first kappa shape index (κ1) is 19.3. The first-order valence-corrected chi connectivity index (χ1v) is 10.7. The van der Waals surface area contributed by atoms with Crippen molar-refractivity contribution in [1.82, 2.24) is 0 Å². The van der Waals surface area contributed by atoms with E-state index >= 15 is 0 Å². The van der Waals surface area contributed by atoms with Crippen LogP contribution in [0.5, 0.6) is 5.75 Å². The van der Waals surface area contributed by atoms with Crippen molar-refractivity contribution in [1.29, 1.82) is 0 Å². The predicted molar refractivity (Wildman–Crippen MR) is 90.5 cm³/mol. The maximum atomic E-state index is 11.9. The quantitative estimate of drug-likeness (QED) is 0.691. The molecule has 0 amide bonds. The van der Waals surface area contributed by atoms with Gasteiger partial charge in [-0.3, -0.25) is 4.18 Å². The summed E-state index contributed by atoms with van der Waals surface area (Å²) in [4.78, 5) is 0.827. The number of aromatic hydroxyl groups is 1. The van der Waals surface area contributed by atoms with E-state index in [2.05, 4.69) is 18.0 Å². The van der Waals surface area contributed by atoms with E-state index in [1.54, 1.807) is 24.3 Å². The van der Waals surface area contributed by atoms with Crippen molar-refractivity contribution < 1.29 is 21.3 Å². The Morgan fingerprint density at radius 3 is 1.91 bits per heavy atom. The van der Waals surface area contributed by atoms with Crippen LogP contribution in [-0.2, 0) is 18.2 Å². The second-order valence-corrected chi connectivity index (χ2v) is 9.67. The summed E-state index contributed by atoms with van der Waals surface area (Å²) in [5, 5.41) is 9.48. The molecule has 0 spiro atoms. The molecular weight excluding hydrogens is 324 g/mol. The van der Waals surface area contributed by atoms with Gasteiger partial charge in [0, 0.05) is 16.4 Å². The summed E-state index contributed by atoms with van der Waals surface area (Å²) in [6.45, 7) is 4.12. The van der Waals surface area contributed by atoms with Crippen LogP contribution in [0.3, 0.4) is 0 Å². The van der Waals surface area contributed by atoms with Crippen LogP contribution < -0.4 is 0 Å². The maximum Gasteiger partial charge on any atom is 0.409 e. The summed E-state index contributed by atoms with van der Waals surface area (Å²) in [5.41, 5.74) is 0. The number of rotatable bonds is 10. The smallest absolute Gasteiger partial charge is 0.409 e. The van der Waals surface area contributed by atoms with Crippen molar-refractivity contribution in [2.75, 3.05) is 18.6 Å². The normalized spacial score (nSPS) is 13.2. The molecule has 1 aromatic rings. The van der Waals surface area contributed by atoms with Crippen LogP contribution in [0.25, 0.3) is 0 Å². The molecule has 22 heavy (non-hydrogen) atoms. The Hall–Kier alpha value is -0.760. The standard InChI is InChI=1S/C15H26O5S2/c1-4-6-12-21(13-7-5-2,20-22(17,18)19-3)15-10-8-14(16)9-11-15/h8-11,16H,4-7,12-13H2,1-3H3. The van der Waals surface area contributed by atoms with E-state index in [1.165, 1.54) is 0 Å². The lowest BCUT2D eigenvalue weighted by atomic mass is 10.3. The van der Waals surface area contributed by atoms with Crippen LogP contribution in [0.2, 0.25) is 0 Å². The van der Waals surface area contributed by atoms with Gasteiger partial charge in [-0.15, -0.1) is 0 Å². The number of hydrogen-bond donors (Lipinski definition) is 1. The lowest BCUT2D eigenvalue weighted by Crippen LogP contribution is -2.19. The van der Waals surface area contributed by atoms with Crippen molar-refractivity contribution in [2.45, 2.75) is 44.4 Å². The molecule has 0 unspecified atom stereocenters. The van der Waals surface area contributed by atoms with E-state index in [1.807, 2.05) is 0 Å². The SMILES string of the molecule is CCCCS(CCCC)(OS(=O)(=O)OC)c1ccc(O)cc1. The van der Waals surface area contributed by atoms with E-state index in [0.29, 0.717) is 11.5 Å². The van der Waals surface area contributed by atoms with Crippen molar-refractivity contribution >= 4 is 20.7 Å². The summed E-state index contributed by atoms with van der Waals surface area (Å²) in [6, 6.07) is 6.64. The molecule has 1 rings (SSSR count). The van der Waals surface area contributed by atoms with E-state index in [4.69, 9.17) is 3.63 Å². The Morgan fingerprint density at radius 2 is 1.50 bits per heavy atom. The molecule has 1 N–H and O–H groups in total. The van der Waals surface area contributed by atoms with E-state index in [-0.39, 0.29) is 5.75 Å². The van der Waals surface area contributed by atoms with Crippen LogP contribution in [0.15, 0.2) is 29.2 Å². The molecule has 0 saturated carbocycles. The lowest BCUT2D eigenvalue weighted by molar-refractivity contribution is 0.339. The van der Waals surface area contributed by atoms with Gasteiger partial charge < -0.3 is 5.11 Å². The summed E-state index contributed by atoms with van der Waals surface area (Å²) in [6.07, 6.45) is 3.66. The molecule has 1 aromatic carbocycles. The van der Waals surface area contributed by atoms with Gasteiger partial charge in [-0.2, -0.15) is 12.0 Å². The molecule has 128 valence electrons. The van der Waals surface area contributed by atoms with Crippen molar-refractivity contribution in [3.05, 3.63) is 24.3 Å². The highest BCUT2D eigenvalue weighted by Gasteiger charge is 2.32. The zero-order valence-corrected chi connectivity index (χ0v) is 15.1. The molecule has 7 heteroatoms. The third kappa shape index (κ3) is 5.46. The van der Waals surface area contributed by atoms with Gasteiger partial charge in [0.15, 0.2) is 0 Å². The summed E-state index contributed by atoms with van der Waals surface area (Å²) < 4.78 is 33.9. The molecule has 0 atom stereocenters.